The molecule has 274 valence electrons. The summed E-state index contributed by atoms with van der Waals surface area (Å²) in [5, 5.41) is 10.4. The molecule has 15 nitrogen and oxygen atoms in total. The highest BCUT2D eigenvalue weighted by molar-refractivity contribution is 6.01. The number of ether oxygens (including phenoxy) is 7. The number of carbonyl (C=O) groups is 6. The molecule has 3 fully saturated rings. The smallest absolute Gasteiger partial charge is 0.348 e. The van der Waals surface area contributed by atoms with Crippen molar-refractivity contribution in [2.24, 2.45) is 17.3 Å². The van der Waals surface area contributed by atoms with Crippen molar-refractivity contribution in [3.05, 3.63) is 11.6 Å². The number of hydrogen-bond acceptors (Lipinski definition) is 14. The first-order chi connectivity index (χ1) is 23.1. The quantitative estimate of drug-likeness (QED) is 0.107. The molecule has 2 saturated heterocycles. The second-order valence-corrected chi connectivity index (χ2v) is 13.4. The van der Waals surface area contributed by atoms with Crippen molar-refractivity contribution in [3.63, 3.8) is 0 Å². The van der Waals surface area contributed by atoms with Crippen LogP contribution >= 0.6 is 0 Å². The number of hydrogen-bond donors (Lipinski definition) is 1. The van der Waals surface area contributed by atoms with Crippen molar-refractivity contribution >= 4 is 35.8 Å². The maximum absolute atomic E-state index is 14.1. The topological polar surface area (TPSA) is 194 Å². The number of likely N-dealkylation sites (tertiary alicyclic amines) is 1. The number of amides is 1. The summed E-state index contributed by atoms with van der Waals surface area (Å²) >= 11 is 0. The summed E-state index contributed by atoms with van der Waals surface area (Å²) in [5.41, 5.74) is -2.79. The second-order valence-electron chi connectivity index (χ2n) is 13.4. The molecule has 2 spiro atoms. The van der Waals surface area contributed by atoms with E-state index in [1.54, 1.807) is 20.8 Å². The predicted octanol–water partition coefficient (Wildman–Crippen LogP) is 2.10. The summed E-state index contributed by atoms with van der Waals surface area (Å²) in [6.07, 6.45) is -2.27. The third-order valence-corrected chi connectivity index (χ3v) is 9.74. The zero-order chi connectivity index (χ0) is 36.3. The zero-order valence-corrected chi connectivity index (χ0v) is 29.3. The van der Waals surface area contributed by atoms with Gasteiger partial charge in [0.05, 0.1) is 18.8 Å². The lowest BCUT2D eigenvalue weighted by Crippen LogP contribution is -2.57. The van der Waals surface area contributed by atoms with E-state index in [1.807, 2.05) is 13.8 Å². The molecule has 8 unspecified atom stereocenters. The maximum atomic E-state index is 14.1. The molecule has 1 amide bonds. The lowest BCUT2D eigenvalue weighted by atomic mass is 9.55. The van der Waals surface area contributed by atoms with Crippen LogP contribution in [0.2, 0.25) is 0 Å². The van der Waals surface area contributed by atoms with Crippen LogP contribution in [0, 0.1) is 17.3 Å². The van der Waals surface area contributed by atoms with E-state index in [4.69, 9.17) is 33.2 Å². The van der Waals surface area contributed by atoms with Crippen LogP contribution in [-0.4, -0.2) is 108 Å². The number of carbonyl (C=O) groups excluding carboxylic acids is 6. The molecule has 8 atom stereocenters. The second kappa shape index (κ2) is 15.1. The van der Waals surface area contributed by atoms with Crippen LogP contribution in [0.3, 0.4) is 0 Å². The van der Waals surface area contributed by atoms with Gasteiger partial charge in [0.1, 0.15) is 17.6 Å². The molecule has 2 heterocycles. The van der Waals surface area contributed by atoms with Gasteiger partial charge in [0.25, 0.3) is 5.91 Å². The molecular formula is C34H49NO14. The Balaban J connectivity index is 1.74. The predicted molar refractivity (Wildman–Crippen MR) is 167 cm³/mol. The van der Waals surface area contributed by atoms with Crippen LogP contribution in [0.4, 0.5) is 0 Å². The number of esters is 5. The van der Waals surface area contributed by atoms with Crippen LogP contribution in [0.5, 0.6) is 0 Å². The zero-order valence-electron chi connectivity index (χ0n) is 29.3. The van der Waals surface area contributed by atoms with E-state index in [0.29, 0.717) is 19.3 Å². The van der Waals surface area contributed by atoms with Crippen molar-refractivity contribution in [3.8, 4) is 0 Å². The molecule has 0 bridgehead atoms. The van der Waals surface area contributed by atoms with Crippen LogP contribution in [0.25, 0.3) is 0 Å². The van der Waals surface area contributed by atoms with Gasteiger partial charge in [0.2, 0.25) is 12.3 Å². The molecule has 4 aliphatic rings. The summed E-state index contributed by atoms with van der Waals surface area (Å²) in [6, 6.07) is 0. The molecule has 1 N–H and O–H groups in total. The highest BCUT2D eigenvalue weighted by atomic mass is 16.7. The molecule has 49 heavy (non-hydrogen) atoms. The van der Waals surface area contributed by atoms with Crippen LogP contribution in [0.15, 0.2) is 11.6 Å². The van der Waals surface area contributed by atoms with Crippen molar-refractivity contribution in [2.45, 2.75) is 123 Å². The van der Waals surface area contributed by atoms with E-state index < -0.39 is 95.4 Å². The Bertz CT molecular complexity index is 1340. The summed E-state index contributed by atoms with van der Waals surface area (Å²) in [5.74, 6) is -6.46. The first-order valence-electron chi connectivity index (χ1n) is 17.0. The van der Waals surface area contributed by atoms with Crippen LogP contribution in [-0.2, 0) is 61.9 Å². The minimum Gasteiger partial charge on any atom is -0.466 e. The van der Waals surface area contributed by atoms with E-state index in [-0.39, 0.29) is 44.8 Å². The number of rotatable bonds is 16. The number of nitrogens with zero attached hydrogens (tertiary/aromatic N) is 1. The van der Waals surface area contributed by atoms with E-state index in [9.17, 15) is 33.9 Å². The normalized spacial score (nSPS) is 29.6. The monoisotopic (exact) mass is 695 g/mol. The summed E-state index contributed by atoms with van der Waals surface area (Å²) in [6.45, 7) is 11.5. The third-order valence-electron chi connectivity index (χ3n) is 9.74. The van der Waals surface area contributed by atoms with Crippen molar-refractivity contribution in [1.29, 1.82) is 0 Å². The standard InChI is InChI=1S/C34H49NO14/c1-8-43-24(38)13-11-16-35-28(40)22-18-23(27-32(6,7)14-12-15-33(27)34(22,49-33)31(35)47-20(5)37)48-30(42)26(46-19(4)36)21(29(41)45-10-3)17-25(39)44-9-2/h18,21,23,25-27,31,39H,8-17H2,1-7H3. The van der Waals surface area contributed by atoms with Gasteiger partial charge in [-0.15, -0.1) is 0 Å². The average Bonchev–Trinajstić information content (AvgIpc) is 3.62. The molecule has 0 radical (unpaired) electrons. The van der Waals surface area contributed by atoms with Gasteiger partial charge in [0, 0.05) is 45.8 Å². The highest BCUT2D eigenvalue weighted by Crippen LogP contribution is 2.73. The van der Waals surface area contributed by atoms with Gasteiger partial charge in [-0.1, -0.05) is 13.8 Å². The summed E-state index contributed by atoms with van der Waals surface area (Å²) in [4.78, 5) is 79.3. The Morgan fingerprint density at radius 1 is 0.980 bits per heavy atom. The van der Waals surface area contributed by atoms with Gasteiger partial charge in [-0.3, -0.25) is 24.0 Å². The SMILES string of the molecule is CCOC(=O)CCCN1C(=O)C2=CC(OC(=O)C(OC(C)=O)C(CC(O)OCC)C(=O)OCC)C3C(C)(C)CCCC34OC24C1OC(C)=O. The highest BCUT2D eigenvalue weighted by Gasteiger charge is 2.88. The van der Waals surface area contributed by atoms with Crippen molar-refractivity contribution in [1.82, 2.24) is 4.90 Å². The molecule has 2 aliphatic heterocycles. The van der Waals surface area contributed by atoms with Gasteiger partial charge in [-0.05, 0) is 57.9 Å². The fraction of sp³-hybridized carbons (Fsp3) is 0.765. The Hall–Kier alpha value is -3.56. The molecule has 0 aromatic heterocycles. The van der Waals surface area contributed by atoms with Crippen molar-refractivity contribution in [2.75, 3.05) is 26.4 Å². The van der Waals surface area contributed by atoms with Gasteiger partial charge in [-0.25, -0.2) is 4.79 Å². The van der Waals surface area contributed by atoms with Gasteiger partial charge < -0.3 is 43.2 Å². The van der Waals surface area contributed by atoms with Gasteiger partial charge in [-0.2, -0.15) is 0 Å². The van der Waals surface area contributed by atoms with Gasteiger partial charge >= 0.3 is 29.8 Å². The lowest BCUT2D eigenvalue weighted by molar-refractivity contribution is -0.188. The average molecular weight is 696 g/mol. The Morgan fingerprint density at radius 3 is 2.29 bits per heavy atom. The largest absolute Gasteiger partial charge is 0.466 e. The van der Waals surface area contributed by atoms with E-state index in [0.717, 1.165) is 6.92 Å². The fourth-order valence-corrected chi connectivity index (χ4v) is 8.02. The lowest BCUT2D eigenvalue weighted by Gasteiger charge is -2.48. The number of aliphatic hydroxyl groups is 1. The first kappa shape index (κ1) is 38.2. The van der Waals surface area contributed by atoms with E-state index in [2.05, 4.69) is 0 Å². The minimum atomic E-state index is -1.81. The molecule has 2 aliphatic carbocycles. The van der Waals surface area contributed by atoms with E-state index in [1.165, 1.54) is 17.9 Å². The molecule has 0 aromatic rings. The Morgan fingerprint density at radius 2 is 1.67 bits per heavy atom. The molecule has 1 saturated carbocycles. The Labute approximate surface area is 285 Å². The van der Waals surface area contributed by atoms with Crippen LogP contribution in [0.1, 0.15) is 87.0 Å². The molecule has 0 aromatic carbocycles. The van der Waals surface area contributed by atoms with Crippen LogP contribution < -0.4 is 0 Å². The number of aliphatic hydroxyl groups excluding tert-OH is 1. The molecule has 4 rings (SSSR count). The first-order valence-corrected chi connectivity index (χ1v) is 17.0. The summed E-state index contributed by atoms with van der Waals surface area (Å²) in [7, 11) is 0. The maximum Gasteiger partial charge on any atom is 0.348 e. The molecular weight excluding hydrogens is 646 g/mol. The third kappa shape index (κ3) is 7.34. The minimum absolute atomic E-state index is 0.0372. The summed E-state index contributed by atoms with van der Waals surface area (Å²) < 4.78 is 39.2. The number of epoxide rings is 1. The molecule has 15 heteroatoms. The van der Waals surface area contributed by atoms with Crippen molar-refractivity contribution < 1.29 is 67.0 Å². The van der Waals surface area contributed by atoms with Gasteiger partial charge in [0.15, 0.2) is 11.9 Å². The van der Waals surface area contributed by atoms with E-state index >= 15 is 0 Å². The Kier molecular flexibility index (Phi) is 11.8. The fourth-order valence-electron chi connectivity index (χ4n) is 8.02.